The molecule has 8 nitrogen and oxygen atoms in total. The summed E-state index contributed by atoms with van der Waals surface area (Å²) in [5.74, 6) is 0.774. The first-order valence-electron chi connectivity index (χ1n) is 13.0. The van der Waals surface area contributed by atoms with E-state index in [1.54, 1.807) is 6.33 Å². The highest BCUT2D eigenvalue weighted by Crippen LogP contribution is 2.34. The minimum atomic E-state index is -1.32. The van der Waals surface area contributed by atoms with Crippen LogP contribution < -0.4 is 9.91 Å². The van der Waals surface area contributed by atoms with Gasteiger partial charge in [-0.2, -0.15) is 5.10 Å². The van der Waals surface area contributed by atoms with E-state index >= 15 is 4.39 Å². The quantitative estimate of drug-likeness (QED) is 0.534. The summed E-state index contributed by atoms with van der Waals surface area (Å²) in [6, 6.07) is 10.6. The number of hydrogen-bond acceptors (Lipinski definition) is 7. The lowest BCUT2D eigenvalue weighted by molar-refractivity contribution is -0.0172. The number of anilines is 2. The second-order valence-corrected chi connectivity index (χ2v) is 10.0. The second-order valence-electron chi connectivity index (χ2n) is 10.0. The zero-order valence-electron chi connectivity index (χ0n) is 20.8. The highest BCUT2D eigenvalue weighted by atomic mass is 19.1. The lowest BCUT2D eigenvalue weighted by Crippen LogP contribution is -2.37. The number of nitrogens with zero attached hydrogens (tertiary/aromatic N) is 6. The Kier molecular flexibility index (Phi) is 6.35. The van der Waals surface area contributed by atoms with Crippen LogP contribution in [0.15, 0.2) is 41.8 Å². The maximum absolute atomic E-state index is 15.6. The number of imidazole rings is 1. The molecule has 9 heteroatoms. The maximum Gasteiger partial charge on any atom is 0.164 e. The Bertz CT molecular complexity index is 1260. The fraction of sp³-hybridized carbons (Fsp3) is 0.519. The van der Waals surface area contributed by atoms with Gasteiger partial charge in [0.2, 0.25) is 0 Å². The number of benzene rings is 1. The summed E-state index contributed by atoms with van der Waals surface area (Å²) in [5.41, 5.74) is 4.64. The molecule has 0 saturated carbocycles. The third-order valence-corrected chi connectivity index (χ3v) is 7.37. The third kappa shape index (κ3) is 4.69. The molecule has 1 aromatic carbocycles. The van der Waals surface area contributed by atoms with Crippen LogP contribution in [-0.2, 0) is 16.0 Å². The normalized spacial score (nSPS) is 20.6. The molecular formula is C27H33FN6O2. The van der Waals surface area contributed by atoms with Crippen LogP contribution in [0.5, 0.6) is 0 Å². The van der Waals surface area contributed by atoms with Gasteiger partial charge in [-0.25, -0.2) is 19.4 Å². The Morgan fingerprint density at radius 3 is 2.64 bits per heavy atom. The van der Waals surface area contributed by atoms with Gasteiger partial charge in [0.05, 0.1) is 37.5 Å². The van der Waals surface area contributed by atoms with Gasteiger partial charge in [-0.15, -0.1) is 0 Å². The van der Waals surface area contributed by atoms with E-state index in [2.05, 4.69) is 42.2 Å². The van der Waals surface area contributed by atoms with Crippen LogP contribution in [0, 0.1) is 6.92 Å². The van der Waals surface area contributed by atoms with Crippen LogP contribution in [-0.4, -0.2) is 72.0 Å². The Hall–Kier alpha value is -3.04. The molecule has 0 radical (unpaired) electrons. The highest BCUT2D eigenvalue weighted by molar-refractivity contribution is 6.01. The molecule has 3 aliphatic heterocycles. The predicted molar refractivity (Wildman–Crippen MR) is 139 cm³/mol. The SMILES string of the molecule is Cc1cccc(C2=NN(c3cc(N4CCOCC4)c4ncn(CC5(F)CCOCC5)c4n3)CCC2)c1. The number of halogens is 1. The number of hydrazone groups is 1. The van der Waals surface area contributed by atoms with Gasteiger partial charge >= 0.3 is 0 Å². The molecule has 2 fully saturated rings. The van der Waals surface area contributed by atoms with Crippen molar-refractivity contribution in [1.29, 1.82) is 0 Å². The molecule has 6 rings (SSSR count). The maximum atomic E-state index is 15.6. The van der Waals surface area contributed by atoms with E-state index in [0.29, 0.717) is 44.9 Å². The molecule has 0 amide bonds. The van der Waals surface area contributed by atoms with Gasteiger partial charge in [0.25, 0.3) is 0 Å². The first-order chi connectivity index (χ1) is 17.6. The number of morpholine rings is 1. The van der Waals surface area contributed by atoms with Crippen LogP contribution >= 0.6 is 0 Å². The monoisotopic (exact) mass is 492 g/mol. The molecule has 36 heavy (non-hydrogen) atoms. The second kappa shape index (κ2) is 9.78. The van der Waals surface area contributed by atoms with Crippen LogP contribution in [0.1, 0.15) is 36.8 Å². The molecule has 0 aliphatic carbocycles. The van der Waals surface area contributed by atoms with Gasteiger partial charge in [-0.05, 0) is 25.3 Å². The van der Waals surface area contributed by atoms with Crippen molar-refractivity contribution in [3.05, 3.63) is 47.8 Å². The fourth-order valence-corrected chi connectivity index (χ4v) is 5.33. The number of pyridine rings is 1. The number of alkyl halides is 1. The minimum absolute atomic E-state index is 0.226. The Labute approximate surface area is 210 Å². The molecular weight excluding hydrogens is 459 g/mol. The molecule has 190 valence electrons. The molecule has 2 saturated heterocycles. The Morgan fingerprint density at radius 1 is 1.03 bits per heavy atom. The first kappa shape index (κ1) is 23.4. The number of aryl methyl sites for hydroxylation is 1. The summed E-state index contributed by atoms with van der Waals surface area (Å²) in [4.78, 5) is 12.0. The van der Waals surface area contributed by atoms with Gasteiger partial charge in [-0.3, -0.25) is 0 Å². The average molecular weight is 493 g/mol. The van der Waals surface area contributed by atoms with E-state index in [0.717, 1.165) is 60.8 Å². The molecule has 5 heterocycles. The van der Waals surface area contributed by atoms with E-state index in [9.17, 15) is 0 Å². The van der Waals surface area contributed by atoms with Gasteiger partial charge in [0.15, 0.2) is 11.5 Å². The smallest absolute Gasteiger partial charge is 0.164 e. The molecule has 0 bridgehead atoms. The number of hydrogen-bond donors (Lipinski definition) is 0. The lowest BCUT2D eigenvalue weighted by Gasteiger charge is -2.31. The molecule has 0 atom stereocenters. The number of fused-ring (bicyclic) bond motifs is 1. The zero-order valence-corrected chi connectivity index (χ0v) is 20.8. The van der Waals surface area contributed by atoms with Crippen LogP contribution in [0.3, 0.4) is 0 Å². The number of rotatable bonds is 5. The summed E-state index contributed by atoms with van der Waals surface area (Å²) in [6.45, 7) is 6.93. The largest absolute Gasteiger partial charge is 0.381 e. The topological polar surface area (TPSA) is 68.0 Å². The van der Waals surface area contributed by atoms with Crippen LogP contribution in [0.2, 0.25) is 0 Å². The number of ether oxygens (including phenoxy) is 2. The molecule has 0 spiro atoms. The molecule has 3 aromatic rings. The number of aromatic nitrogens is 3. The zero-order chi connectivity index (χ0) is 24.5. The average Bonchev–Trinajstić information content (AvgIpc) is 3.31. The first-order valence-corrected chi connectivity index (χ1v) is 13.0. The van der Waals surface area contributed by atoms with Crippen molar-refractivity contribution in [2.75, 3.05) is 56.0 Å². The van der Waals surface area contributed by atoms with Gasteiger partial charge in [0.1, 0.15) is 11.2 Å². The predicted octanol–water partition coefficient (Wildman–Crippen LogP) is 4.10. The van der Waals surface area contributed by atoms with Gasteiger partial charge < -0.3 is 18.9 Å². The van der Waals surface area contributed by atoms with E-state index < -0.39 is 5.67 Å². The highest BCUT2D eigenvalue weighted by Gasteiger charge is 2.34. The van der Waals surface area contributed by atoms with E-state index in [1.165, 1.54) is 5.56 Å². The van der Waals surface area contributed by atoms with Crippen molar-refractivity contribution in [2.45, 2.75) is 44.8 Å². The third-order valence-electron chi connectivity index (χ3n) is 7.37. The Balaban J connectivity index is 1.41. The fourth-order valence-electron chi connectivity index (χ4n) is 5.33. The lowest BCUT2D eigenvalue weighted by atomic mass is 9.96. The van der Waals surface area contributed by atoms with E-state index in [-0.39, 0.29) is 6.54 Å². The van der Waals surface area contributed by atoms with E-state index in [4.69, 9.17) is 24.5 Å². The van der Waals surface area contributed by atoms with Crippen molar-refractivity contribution in [3.63, 3.8) is 0 Å². The van der Waals surface area contributed by atoms with Gasteiger partial charge in [-0.1, -0.05) is 29.8 Å². The van der Waals surface area contributed by atoms with Crippen LogP contribution in [0.25, 0.3) is 11.2 Å². The van der Waals surface area contributed by atoms with Crippen molar-refractivity contribution in [3.8, 4) is 0 Å². The minimum Gasteiger partial charge on any atom is -0.381 e. The molecule has 0 unspecified atom stereocenters. The molecule has 3 aliphatic rings. The Morgan fingerprint density at radius 2 is 1.83 bits per heavy atom. The summed E-state index contributed by atoms with van der Waals surface area (Å²) in [6.07, 6.45) is 4.44. The molecule has 2 aromatic heterocycles. The van der Waals surface area contributed by atoms with Crippen molar-refractivity contribution < 1.29 is 13.9 Å². The van der Waals surface area contributed by atoms with Gasteiger partial charge in [0, 0.05) is 51.8 Å². The molecule has 0 N–H and O–H groups in total. The summed E-state index contributed by atoms with van der Waals surface area (Å²) >= 11 is 0. The summed E-state index contributed by atoms with van der Waals surface area (Å²) in [5, 5.41) is 7.03. The van der Waals surface area contributed by atoms with Crippen molar-refractivity contribution >= 4 is 28.4 Å². The van der Waals surface area contributed by atoms with Crippen LogP contribution in [0.4, 0.5) is 15.9 Å². The van der Waals surface area contributed by atoms with E-state index in [1.807, 2.05) is 9.58 Å². The van der Waals surface area contributed by atoms with Crippen molar-refractivity contribution in [1.82, 2.24) is 14.5 Å². The summed E-state index contributed by atoms with van der Waals surface area (Å²) < 4.78 is 28.5. The standard InChI is InChI=1S/C27H33FN6O2/c1-20-4-2-5-21(16-20)22-6-3-9-34(31-22)24-17-23(32-10-14-36-15-11-32)25-26(30-24)33(19-29-25)18-27(28)7-12-35-13-8-27/h2,4-5,16-17,19H,3,6-15,18H2,1H3. The van der Waals surface area contributed by atoms with Crippen molar-refractivity contribution in [2.24, 2.45) is 5.10 Å². The summed E-state index contributed by atoms with van der Waals surface area (Å²) in [7, 11) is 0.